The number of para-hydroxylation sites is 1. The molecule has 3 rings (SSSR count). The van der Waals surface area contributed by atoms with Gasteiger partial charge in [0.2, 0.25) is 5.95 Å². The molecule has 0 aliphatic heterocycles. The van der Waals surface area contributed by atoms with Gasteiger partial charge in [-0.2, -0.15) is 0 Å². The Morgan fingerprint density at radius 1 is 1.36 bits per heavy atom. The summed E-state index contributed by atoms with van der Waals surface area (Å²) in [4.78, 5) is 4.51. The van der Waals surface area contributed by atoms with Crippen LogP contribution in [0.1, 0.15) is 45.2 Å². The molecule has 1 aliphatic carbocycles. The zero-order valence-electron chi connectivity index (χ0n) is 16.6. The van der Waals surface area contributed by atoms with Gasteiger partial charge in [-0.15, -0.1) is 0 Å². The molecule has 150 valence electrons. The molecule has 1 fully saturated rings. The number of hydrogen-bond donors (Lipinski definition) is 4. The number of aromatic nitrogens is 2. The Bertz CT molecular complexity index is 835. The monoisotopic (exact) mass is 384 g/mol. The molecular formula is C21H29FN6. The maximum absolute atomic E-state index is 14.1. The average Bonchev–Trinajstić information content (AvgIpc) is 3.26. The van der Waals surface area contributed by atoms with Crippen LogP contribution in [0.15, 0.2) is 36.7 Å². The summed E-state index contributed by atoms with van der Waals surface area (Å²) < 4.78 is 16.1. The Morgan fingerprint density at radius 3 is 2.71 bits per heavy atom. The predicted molar refractivity (Wildman–Crippen MR) is 113 cm³/mol. The summed E-state index contributed by atoms with van der Waals surface area (Å²) in [5.74, 6) is 1.86. The molecule has 1 aliphatic rings. The van der Waals surface area contributed by atoms with E-state index >= 15 is 0 Å². The minimum absolute atomic E-state index is 0.338. The predicted octanol–water partition coefficient (Wildman–Crippen LogP) is 4.83. The standard InChI is InChI=1S/C21H29FN6/c1-14(2)13-28-20(25-15(3)24-16-8-4-5-9-16)19(12-23)27-21(28)26-18-11-7-6-10-17(18)22/h6-7,10-12,14,16,23-25H,3-5,8-9,13H2,1-2H3,(H,26,27). The van der Waals surface area contributed by atoms with E-state index in [9.17, 15) is 4.39 Å². The molecule has 1 aromatic heterocycles. The number of nitrogens with zero attached hydrogens (tertiary/aromatic N) is 2. The Morgan fingerprint density at radius 2 is 2.07 bits per heavy atom. The van der Waals surface area contributed by atoms with Crippen molar-refractivity contribution in [3.63, 3.8) is 0 Å². The van der Waals surface area contributed by atoms with E-state index in [-0.39, 0.29) is 5.82 Å². The van der Waals surface area contributed by atoms with Crippen molar-refractivity contribution in [3.05, 3.63) is 48.2 Å². The zero-order chi connectivity index (χ0) is 20.1. The number of imidazole rings is 1. The van der Waals surface area contributed by atoms with Gasteiger partial charge in [-0.1, -0.05) is 45.4 Å². The first kappa shape index (κ1) is 19.9. The van der Waals surface area contributed by atoms with Crippen molar-refractivity contribution in [1.82, 2.24) is 14.9 Å². The number of benzene rings is 1. The maximum atomic E-state index is 14.1. The highest BCUT2D eigenvalue weighted by Gasteiger charge is 2.20. The lowest BCUT2D eigenvalue weighted by atomic mass is 10.2. The van der Waals surface area contributed by atoms with Crippen molar-refractivity contribution in [2.75, 3.05) is 10.6 Å². The lowest BCUT2D eigenvalue weighted by Gasteiger charge is -2.20. The van der Waals surface area contributed by atoms with Gasteiger partial charge in [-0.3, -0.25) is 4.57 Å². The third kappa shape index (κ3) is 4.71. The van der Waals surface area contributed by atoms with Crippen LogP contribution in [0.5, 0.6) is 0 Å². The van der Waals surface area contributed by atoms with Crippen molar-refractivity contribution >= 4 is 23.7 Å². The quantitative estimate of drug-likeness (QED) is 0.467. The maximum Gasteiger partial charge on any atom is 0.209 e. The summed E-state index contributed by atoms with van der Waals surface area (Å²) in [6, 6.07) is 6.92. The van der Waals surface area contributed by atoms with E-state index < -0.39 is 0 Å². The Hall–Kier alpha value is -2.83. The molecule has 1 aromatic carbocycles. The first-order chi connectivity index (χ1) is 13.5. The van der Waals surface area contributed by atoms with Crippen LogP contribution < -0.4 is 16.0 Å². The van der Waals surface area contributed by atoms with Gasteiger partial charge in [0.25, 0.3) is 0 Å². The summed E-state index contributed by atoms with van der Waals surface area (Å²) in [6.07, 6.45) is 5.96. The van der Waals surface area contributed by atoms with Crippen LogP contribution in [0.3, 0.4) is 0 Å². The van der Waals surface area contributed by atoms with Crippen LogP contribution in [-0.2, 0) is 6.54 Å². The third-order valence-electron chi connectivity index (χ3n) is 4.80. The number of nitrogens with one attached hydrogen (secondary N) is 4. The molecule has 0 atom stereocenters. The summed E-state index contributed by atoms with van der Waals surface area (Å²) in [7, 11) is 0. The van der Waals surface area contributed by atoms with Crippen molar-refractivity contribution in [2.45, 2.75) is 52.1 Å². The fourth-order valence-corrected chi connectivity index (χ4v) is 3.52. The van der Waals surface area contributed by atoms with Crippen LogP contribution in [0.25, 0.3) is 0 Å². The van der Waals surface area contributed by atoms with Gasteiger partial charge in [0, 0.05) is 18.8 Å². The molecule has 7 heteroatoms. The van der Waals surface area contributed by atoms with Gasteiger partial charge in [-0.05, 0) is 30.9 Å². The van der Waals surface area contributed by atoms with Crippen LogP contribution in [0.2, 0.25) is 0 Å². The molecule has 0 saturated heterocycles. The van der Waals surface area contributed by atoms with E-state index in [0.29, 0.717) is 47.5 Å². The number of rotatable bonds is 9. The summed E-state index contributed by atoms with van der Waals surface area (Å²) in [5.41, 5.74) is 0.831. The van der Waals surface area contributed by atoms with E-state index in [1.807, 2.05) is 4.57 Å². The smallest absolute Gasteiger partial charge is 0.209 e. The molecule has 2 aromatic rings. The van der Waals surface area contributed by atoms with Crippen LogP contribution in [0, 0.1) is 17.1 Å². The molecule has 6 nitrogen and oxygen atoms in total. The normalized spacial score (nSPS) is 14.3. The summed E-state index contributed by atoms with van der Waals surface area (Å²) in [6.45, 7) is 8.97. The highest BCUT2D eigenvalue weighted by Crippen LogP contribution is 2.27. The Labute approximate surface area is 165 Å². The summed E-state index contributed by atoms with van der Waals surface area (Å²) in [5, 5.41) is 17.6. The molecular weight excluding hydrogens is 355 g/mol. The van der Waals surface area contributed by atoms with Crippen molar-refractivity contribution < 1.29 is 4.39 Å². The minimum atomic E-state index is -0.347. The highest BCUT2D eigenvalue weighted by atomic mass is 19.1. The first-order valence-electron chi connectivity index (χ1n) is 9.83. The van der Waals surface area contributed by atoms with Crippen molar-refractivity contribution in [1.29, 1.82) is 5.41 Å². The van der Waals surface area contributed by atoms with E-state index in [1.165, 1.54) is 25.1 Å². The number of anilines is 3. The average molecular weight is 385 g/mol. The number of halogens is 1. The second kappa shape index (κ2) is 8.91. The molecule has 0 bridgehead atoms. The summed E-state index contributed by atoms with van der Waals surface area (Å²) >= 11 is 0. The van der Waals surface area contributed by atoms with Crippen molar-refractivity contribution in [2.24, 2.45) is 5.92 Å². The van der Waals surface area contributed by atoms with Crippen LogP contribution in [0.4, 0.5) is 21.8 Å². The molecule has 1 saturated carbocycles. The molecule has 0 unspecified atom stereocenters. The highest BCUT2D eigenvalue weighted by molar-refractivity contribution is 5.84. The van der Waals surface area contributed by atoms with Gasteiger partial charge < -0.3 is 21.4 Å². The van der Waals surface area contributed by atoms with E-state index in [2.05, 4.69) is 41.4 Å². The van der Waals surface area contributed by atoms with Gasteiger partial charge in [0.05, 0.1) is 11.5 Å². The van der Waals surface area contributed by atoms with Gasteiger partial charge >= 0.3 is 0 Å². The third-order valence-corrected chi connectivity index (χ3v) is 4.80. The fraction of sp³-hybridized carbons (Fsp3) is 0.429. The topological polar surface area (TPSA) is 77.8 Å². The molecule has 0 spiro atoms. The number of hydrogen-bond acceptors (Lipinski definition) is 5. The van der Waals surface area contributed by atoms with Crippen LogP contribution >= 0.6 is 0 Å². The van der Waals surface area contributed by atoms with E-state index in [4.69, 9.17) is 5.41 Å². The van der Waals surface area contributed by atoms with Gasteiger partial charge in [-0.25, -0.2) is 9.37 Å². The molecule has 28 heavy (non-hydrogen) atoms. The van der Waals surface area contributed by atoms with E-state index in [1.54, 1.807) is 18.2 Å². The molecule has 0 radical (unpaired) electrons. The molecule has 1 heterocycles. The zero-order valence-corrected chi connectivity index (χ0v) is 16.6. The minimum Gasteiger partial charge on any atom is -0.369 e. The van der Waals surface area contributed by atoms with Gasteiger partial charge in [0.1, 0.15) is 17.3 Å². The Balaban J connectivity index is 1.88. The van der Waals surface area contributed by atoms with Crippen molar-refractivity contribution in [3.8, 4) is 0 Å². The van der Waals surface area contributed by atoms with Crippen LogP contribution in [-0.4, -0.2) is 21.8 Å². The van der Waals surface area contributed by atoms with E-state index in [0.717, 1.165) is 12.8 Å². The second-order valence-corrected chi connectivity index (χ2v) is 7.65. The molecule has 0 amide bonds. The van der Waals surface area contributed by atoms with Gasteiger partial charge in [0.15, 0.2) is 0 Å². The second-order valence-electron chi connectivity index (χ2n) is 7.65. The largest absolute Gasteiger partial charge is 0.369 e. The first-order valence-corrected chi connectivity index (χ1v) is 9.83. The Kier molecular flexibility index (Phi) is 6.34. The lowest BCUT2D eigenvalue weighted by Crippen LogP contribution is -2.29. The lowest BCUT2D eigenvalue weighted by molar-refractivity contribution is 0.529. The SMILES string of the molecule is C=C(Nc1c(C=N)nc(Nc2ccccc2F)n1CC(C)C)NC1CCCC1. The fourth-order valence-electron chi connectivity index (χ4n) is 3.52. The molecule has 4 N–H and O–H groups in total.